The summed E-state index contributed by atoms with van der Waals surface area (Å²) in [6, 6.07) is 9.71. The topological polar surface area (TPSA) is 110 Å². The SMILES string of the molecule is Cc1cc(F)cc(C)c1Oc1ccc(C(C)(C)O)cc1-c1cn(C)c(=O)cc1OC1CCC(NC(=O)CCC(C)(C)O)CC1. The summed E-state index contributed by atoms with van der Waals surface area (Å²) in [5.41, 5.74) is 0.893. The number of nitrogens with zero attached hydrogens (tertiary/aromatic N) is 1. The van der Waals surface area contributed by atoms with Crippen LogP contribution in [0.2, 0.25) is 0 Å². The summed E-state index contributed by atoms with van der Waals surface area (Å²) < 4.78 is 28.4. The summed E-state index contributed by atoms with van der Waals surface area (Å²) >= 11 is 0. The summed E-state index contributed by atoms with van der Waals surface area (Å²) in [4.78, 5) is 25.2. The van der Waals surface area contributed by atoms with Crippen LogP contribution in [0.5, 0.6) is 17.2 Å². The first-order valence-electron chi connectivity index (χ1n) is 15.2. The third-order valence-electron chi connectivity index (χ3n) is 8.10. The second-order valence-corrected chi connectivity index (χ2v) is 13.2. The first-order valence-corrected chi connectivity index (χ1v) is 15.2. The summed E-state index contributed by atoms with van der Waals surface area (Å²) in [7, 11) is 1.66. The van der Waals surface area contributed by atoms with Crippen molar-refractivity contribution in [2.45, 2.75) is 103 Å². The Labute approximate surface area is 258 Å². The Kier molecular flexibility index (Phi) is 9.90. The minimum absolute atomic E-state index is 0.0259. The van der Waals surface area contributed by atoms with Crippen molar-refractivity contribution in [2.24, 2.45) is 7.05 Å². The van der Waals surface area contributed by atoms with E-state index in [4.69, 9.17) is 9.47 Å². The summed E-state index contributed by atoms with van der Waals surface area (Å²) in [5.74, 6) is 0.977. The fourth-order valence-corrected chi connectivity index (χ4v) is 5.51. The molecule has 4 rings (SSSR count). The van der Waals surface area contributed by atoms with Crippen LogP contribution in [0, 0.1) is 19.7 Å². The smallest absolute Gasteiger partial charge is 0.254 e. The second kappa shape index (κ2) is 13.1. The first kappa shape index (κ1) is 33.2. The van der Waals surface area contributed by atoms with E-state index < -0.39 is 11.2 Å². The Balaban J connectivity index is 1.63. The first-order chi connectivity index (χ1) is 20.5. The maximum absolute atomic E-state index is 14.0. The van der Waals surface area contributed by atoms with E-state index in [-0.39, 0.29) is 35.9 Å². The molecule has 1 amide bonds. The molecule has 0 bridgehead atoms. The van der Waals surface area contributed by atoms with Gasteiger partial charge in [0.05, 0.1) is 17.3 Å². The van der Waals surface area contributed by atoms with Crippen LogP contribution >= 0.6 is 0 Å². The van der Waals surface area contributed by atoms with Crippen LogP contribution in [0.15, 0.2) is 47.4 Å². The van der Waals surface area contributed by atoms with Gasteiger partial charge in [-0.2, -0.15) is 0 Å². The number of halogens is 1. The quantitative estimate of drug-likeness (QED) is 0.253. The lowest BCUT2D eigenvalue weighted by Gasteiger charge is -2.30. The lowest BCUT2D eigenvalue weighted by Crippen LogP contribution is -2.40. The largest absolute Gasteiger partial charge is 0.490 e. The molecular weight excluding hydrogens is 563 g/mol. The number of amides is 1. The van der Waals surface area contributed by atoms with Crippen molar-refractivity contribution in [3.05, 3.63) is 75.5 Å². The van der Waals surface area contributed by atoms with Gasteiger partial charge in [-0.15, -0.1) is 0 Å². The number of aromatic nitrogens is 1. The van der Waals surface area contributed by atoms with Gasteiger partial charge < -0.3 is 29.6 Å². The molecule has 0 aliphatic heterocycles. The van der Waals surface area contributed by atoms with Crippen LogP contribution in [-0.4, -0.2) is 38.4 Å². The average molecular weight is 609 g/mol. The lowest BCUT2D eigenvalue weighted by molar-refractivity contribution is -0.123. The minimum atomic E-state index is -1.15. The second-order valence-electron chi connectivity index (χ2n) is 13.2. The molecule has 0 unspecified atom stereocenters. The normalized spacial score (nSPS) is 17.3. The molecule has 44 heavy (non-hydrogen) atoms. The van der Waals surface area contributed by atoms with Crippen LogP contribution in [0.4, 0.5) is 4.39 Å². The van der Waals surface area contributed by atoms with Gasteiger partial charge in [-0.1, -0.05) is 6.07 Å². The van der Waals surface area contributed by atoms with Crippen molar-refractivity contribution in [3.63, 3.8) is 0 Å². The Morgan fingerprint density at radius 3 is 2.20 bits per heavy atom. The molecule has 1 saturated carbocycles. The molecule has 0 atom stereocenters. The van der Waals surface area contributed by atoms with Crippen molar-refractivity contribution in [3.8, 4) is 28.4 Å². The number of nitrogens with one attached hydrogen (secondary N) is 1. The molecule has 238 valence electrons. The zero-order chi connectivity index (χ0) is 32.4. The molecule has 9 heteroatoms. The van der Waals surface area contributed by atoms with Gasteiger partial charge in [0.15, 0.2) is 0 Å². The molecule has 8 nitrogen and oxygen atoms in total. The number of ether oxygens (including phenoxy) is 2. The Morgan fingerprint density at radius 2 is 1.61 bits per heavy atom. The predicted molar refractivity (Wildman–Crippen MR) is 169 cm³/mol. The van der Waals surface area contributed by atoms with Gasteiger partial charge in [0.1, 0.15) is 23.1 Å². The highest BCUT2D eigenvalue weighted by molar-refractivity contribution is 5.77. The Morgan fingerprint density at radius 1 is 0.977 bits per heavy atom. The average Bonchev–Trinajstić information content (AvgIpc) is 2.91. The molecule has 2 aromatic carbocycles. The van der Waals surface area contributed by atoms with Gasteiger partial charge in [-0.25, -0.2) is 4.39 Å². The zero-order valence-electron chi connectivity index (χ0n) is 26.8. The van der Waals surface area contributed by atoms with Crippen molar-refractivity contribution in [1.29, 1.82) is 0 Å². The summed E-state index contributed by atoms with van der Waals surface area (Å²) in [6.07, 6.45) is 5.01. The van der Waals surface area contributed by atoms with Gasteiger partial charge in [0.25, 0.3) is 5.56 Å². The van der Waals surface area contributed by atoms with Crippen molar-refractivity contribution in [2.75, 3.05) is 0 Å². The fourth-order valence-electron chi connectivity index (χ4n) is 5.51. The molecule has 1 fully saturated rings. The molecule has 1 heterocycles. The standard InChI is InChI=1S/C35H45FN2O6/c1-21-16-24(36)17-22(2)33(21)44-29-13-8-23(35(5,6)42)18-27(29)28-20-38(7)32(40)19-30(28)43-26-11-9-25(10-12-26)37-31(39)14-15-34(3,4)41/h8,13,16-20,25-26,41-42H,9-12,14-15H2,1-7H3,(H,37,39). The van der Waals surface area contributed by atoms with E-state index in [1.54, 1.807) is 66.9 Å². The van der Waals surface area contributed by atoms with Gasteiger partial charge in [0.2, 0.25) is 5.91 Å². The number of rotatable bonds is 10. The Bertz CT molecular complexity index is 1540. The molecule has 3 aromatic rings. The van der Waals surface area contributed by atoms with Gasteiger partial charge in [0, 0.05) is 42.9 Å². The van der Waals surface area contributed by atoms with E-state index in [0.29, 0.717) is 64.3 Å². The van der Waals surface area contributed by atoms with E-state index in [2.05, 4.69) is 5.32 Å². The Hall–Kier alpha value is -3.69. The molecule has 0 radical (unpaired) electrons. The number of aliphatic hydroxyl groups is 2. The number of benzene rings is 2. The van der Waals surface area contributed by atoms with Crippen LogP contribution in [0.3, 0.4) is 0 Å². The van der Waals surface area contributed by atoms with Crippen molar-refractivity contribution in [1.82, 2.24) is 9.88 Å². The van der Waals surface area contributed by atoms with E-state index in [0.717, 1.165) is 12.8 Å². The third kappa shape index (κ3) is 8.48. The molecule has 1 aromatic heterocycles. The van der Waals surface area contributed by atoms with E-state index in [1.165, 1.54) is 22.8 Å². The lowest BCUT2D eigenvalue weighted by atomic mass is 9.92. The van der Waals surface area contributed by atoms with E-state index in [9.17, 15) is 24.2 Å². The highest BCUT2D eigenvalue weighted by Gasteiger charge is 2.27. The van der Waals surface area contributed by atoms with Crippen LogP contribution < -0.4 is 20.3 Å². The minimum Gasteiger partial charge on any atom is -0.490 e. The monoisotopic (exact) mass is 608 g/mol. The van der Waals surface area contributed by atoms with Crippen LogP contribution in [-0.2, 0) is 17.4 Å². The summed E-state index contributed by atoms with van der Waals surface area (Å²) in [6.45, 7) is 10.3. The van der Waals surface area contributed by atoms with E-state index in [1.807, 2.05) is 6.07 Å². The molecule has 1 aliphatic carbocycles. The number of hydrogen-bond donors (Lipinski definition) is 3. The van der Waals surface area contributed by atoms with Crippen LogP contribution in [0.25, 0.3) is 11.1 Å². The molecule has 0 saturated heterocycles. The van der Waals surface area contributed by atoms with Crippen molar-refractivity contribution < 1.29 is 28.9 Å². The number of hydrogen-bond acceptors (Lipinski definition) is 6. The molecule has 0 spiro atoms. The number of pyridine rings is 1. The number of carbonyl (C=O) groups excluding carboxylic acids is 1. The van der Waals surface area contributed by atoms with Crippen molar-refractivity contribution >= 4 is 5.91 Å². The maximum Gasteiger partial charge on any atom is 0.254 e. The molecular formula is C35H45FN2O6. The summed E-state index contributed by atoms with van der Waals surface area (Å²) in [5, 5.41) is 23.8. The van der Waals surface area contributed by atoms with Gasteiger partial charge >= 0.3 is 0 Å². The highest BCUT2D eigenvalue weighted by Crippen LogP contribution is 2.42. The van der Waals surface area contributed by atoms with Crippen LogP contribution in [0.1, 0.15) is 82.9 Å². The number of aryl methyl sites for hydroxylation is 3. The van der Waals surface area contributed by atoms with Gasteiger partial charge in [-0.3, -0.25) is 9.59 Å². The molecule has 1 aliphatic rings. The molecule has 3 N–H and O–H groups in total. The van der Waals surface area contributed by atoms with E-state index >= 15 is 0 Å². The third-order valence-corrected chi connectivity index (χ3v) is 8.10. The maximum atomic E-state index is 14.0. The zero-order valence-corrected chi connectivity index (χ0v) is 26.8. The highest BCUT2D eigenvalue weighted by atomic mass is 19.1. The van der Waals surface area contributed by atoms with Gasteiger partial charge in [-0.05, 0) is 115 Å². The number of carbonyl (C=O) groups is 1. The fraction of sp³-hybridized carbons (Fsp3) is 0.486. The predicted octanol–water partition coefficient (Wildman–Crippen LogP) is 6.19.